The Kier molecular flexibility index (Phi) is 4.64. The average Bonchev–Trinajstić information content (AvgIpc) is 2.84. The molecule has 0 radical (unpaired) electrons. The molecule has 1 N–H and O–H groups in total. The van der Waals surface area contributed by atoms with Gasteiger partial charge in [0.25, 0.3) is 0 Å². The van der Waals surface area contributed by atoms with Gasteiger partial charge < -0.3 is 14.8 Å². The number of aryl methyl sites for hydroxylation is 2. The van der Waals surface area contributed by atoms with Crippen LogP contribution in [0.1, 0.15) is 34.1 Å². The summed E-state index contributed by atoms with van der Waals surface area (Å²) in [6.07, 6.45) is 1.02. The summed E-state index contributed by atoms with van der Waals surface area (Å²) in [5.74, 6) is 1.70. The number of nitrogens with zero attached hydrogens (tertiary/aromatic N) is 1. The number of ether oxygens (including phenoxy) is 2. The molecule has 0 saturated heterocycles. The van der Waals surface area contributed by atoms with Gasteiger partial charge in [0.1, 0.15) is 13.2 Å². The lowest BCUT2D eigenvalue weighted by molar-refractivity contribution is 0.171. The van der Waals surface area contributed by atoms with Crippen molar-refractivity contribution in [1.82, 2.24) is 10.3 Å². The van der Waals surface area contributed by atoms with Crippen molar-refractivity contribution in [3.05, 3.63) is 39.3 Å². The number of benzene rings is 1. The molecule has 1 aliphatic rings. The van der Waals surface area contributed by atoms with Gasteiger partial charge in [-0.1, -0.05) is 6.07 Å². The maximum absolute atomic E-state index is 5.65. The van der Waals surface area contributed by atoms with Gasteiger partial charge in [-0.05, 0) is 44.9 Å². The van der Waals surface area contributed by atoms with E-state index in [0.29, 0.717) is 13.2 Å². The number of fused-ring (bicyclic) bond motifs is 1. The third kappa shape index (κ3) is 3.42. The van der Waals surface area contributed by atoms with Gasteiger partial charge in [0.2, 0.25) is 0 Å². The summed E-state index contributed by atoms with van der Waals surface area (Å²) in [5, 5.41) is 4.72. The van der Waals surface area contributed by atoms with E-state index in [1.165, 1.54) is 10.4 Å². The van der Waals surface area contributed by atoms with Gasteiger partial charge in [-0.15, -0.1) is 11.3 Å². The minimum Gasteiger partial charge on any atom is -0.486 e. The molecular weight excluding hydrogens is 296 g/mol. The molecular formula is C17H22N2O2S. The summed E-state index contributed by atoms with van der Waals surface area (Å²) in [5.41, 5.74) is 2.39. The zero-order valence-electron chi connectivity index (χ0n) is 13.3. The molecule has 1 aromatic carbocycles. The normalized spacial score (nSPS) is 14.9. The molecule has 1 aliphatic heterocycles. The predicted molar refractivity (Wildman–Crippen MR) is 89.1 cm³/mol. The minimum absolute atomic E-state index is 0.283. The lowest BCUT2D eigenvalue weighted by atomic mass is 10.1. The maximum atomic E-state index is 5.65. The Balaban J connectivity index is 1.57. The van der Waals surface area contributed by atoms with Crippen molar-refractivity contribution in [3.8, 4) is 11.5 Å². The Morgan fingerprint density at radius 3 is 2.73 bits per heavy atom. The Bertz CT molecular complexity index is 654. The second-order valence-electron chi connectivity index (χ2n) is 5.57. The zero-order valence-corrected chi connectivity index (χ0v) is 14.1. The molecule has 1 aromatic heterocycles. The van der Waals surface area contributed by atoms with Crippen LogP contribution in [-0.4, -0.2) is 24.7 Å². The summed E-state index contributed by atoms with van der Waals surface area (Å²) >= 11 is 1.79. The highest BCUT2D eigenvalue weighted by atomic mass is 32.1. The van der Waals surface area contributed by atoms with Crippen molar-refractivity contribution in [2.75, 3.05) is 19.8 Å². The van der Waals surface area contributed by atoms with E-state index in [4.69, 9.17) is 9.47 Å². The van der Waals surface area contributed by atoms with Gasteiger partial charge in [-0.25, -0.2) is 4.98 Å². The summed E-state index contributed by atoms with van der Waals surface area (Å²) in [6, 6.07) is 6.46. The van der Waals surface area contributed by atoms with Crippen LogP contribution in [0.2, 0.25) is 0 Å². The Hall–Kier alpha value is -1.59. The van der Waals surface area contributed by atoms with E-state index in [-0.39, 0.29) is 6.04 Å². The number of hydrogen-bond donors (Lipinski definition) is 1. The molecule has 1 atom stereocenters. The highest BCUT2D eigenvalue weighted by Crippen LogP contribution is 2.32. The average molecular weight is 318 g/mol. The van der Waals surface area contributed by atoms with Gasteiger partial charge >= 0.3 is 0 Å². The van der Waals surface area contributed by atoms with Crippen LogP contribution in [0, 0.1) is 13.8 Å². The van der Waals surface area contributed by atoms with Crippen molar-refractivity contribution >= 4 is 11.3 Å². The predicted octanol–water partition coefficient (Wildman–Crippen LogP) is 3.42. The molecule has 0 fully saturated rings. The molecule has 4 nitrogen and oxygen atoms in total. The first-order valence-corrected chi connectivity index (χ1v) is 8.51. The smallest absolute Gasteiger partial charge is 0.161 e. The monoisotopic (exact) mass is 318 g/mol. The van der Waals surface area contributed by atoms with Crippen LogP contribution in [-0.2, 0) is 6.42 Å². The first kappa shape index (κ1) is 15.3. The van der Waals surface area contributed by atoms with Gasteiger partial charge in [0, 0.05) is 17.5 Å². The van der Waals surface area contributed by atoms with E-state index >= 15 is 0 Å². The van der Waals surface area contributed by atoms with Crippen molar-refractivity contribution in [2.24, 2.45) is 0 Å². The summed E-state index contributed by atoms with van der Waals surface area (Å²) in [4.78, 5) is 5.85. The zero-order chi connectivity index (χ0) is 15.5. The van der Waals surface area contributed by atoms with Crippen LogP contribution in [0.15, 0.2) is 18.2 Å². The first-order valence-electron chi connectivity index (χ1n) is 7.69. The van der Waals surface area contributed by atoms with E-state index in [2.05, 4.69) is 43.2 Å². The van der Waals surface area contributed by atoms with Crippen LogP contribution in [0.3, 0.4) is 0 Å². The lowest BCUT2D eigenvalue weighted by Gasteiger charge is -2.21. The molecule has 1 unspecified atom stereocenters. The Morgan fingerprint density at radius 2 is 2.00 bits per heavy atom. The minimum atomic E-state index is 0.283. The van der Waals surface area contributed by atoms with Crippen LogP contribution in [0.5, 0.6) is 11.5 Å². The maximum Gasteiger partial charge on any atom is 0.161 e. The van der Waals surface area contributed by atoms with Crippen LogP contribution in [0.25, 0.3) is 0 Å². The number of hydrogen-bond acceptors (Lipinski definition) is 5. The SMILES string of the molecule is Cc1nc(C)c(CCNC(C)c2ccc3c(c2)OCCO3)s1. The topological polar surface area (TPSA) is 43.4 Å². The molecule has 0 spiro atoms. The molecule has 0 saturated carbocycles. The largest absolute Gasteiger partial charge is 0.486 e. The van der Waals surface area contributed by atoms with Gasteiger partial charge in [0.05, 0.1) is 10.7 Å². The number of aromatic nitrogens is 1. The van der Waals surface area contributed by atoms with Crippen molar-refractivity contribution in [2.45, 2.75) is 33.2 Å². The molecule has 0 bridgehead atoms. The lowest BCUT2D eigenvalue weighted by Crippen LogP contribution is -2.22. The van der Waals surface area contributed by atoms with E-state index < -0.39 is 0 Å². The Labute approximate surface area is 135 Å². The molecule has 3 rings (SSSR count). The number of rotatable bonds is 5. The van der Waals surface area contributed by atoms with Crippen molar-refractivity contribution in [3.63, 3.8) is 0 Å². The second kappa shape index (κ2) is 6.67. The standard InChI is InChI=1S/C17H22N2O2S/c1-11(18-7-6-17-12(2)19-13(3)22-17)14-4-5-15-16(10-14)21-9-8-20-15/h4-5,10-11,18H,6-9H2,1-3H3. The number of nitrogens with one attached hydrogen (secondary N) is 1. The summed E-state index contributed by atoms with van der Waals surface area (Å²) in [7, 11) is 0. The van der Waals surface area contributed by atoms with E-state index in [1.54, 1.807) is 11.3 Å². The fourth-order valence-electron chi connectivity index (χ4n) is 2.65. The van der Waals surface area contributed by atoms with E-state index in [0.717, 1.165) is 35.2 Å². The van der Waals surface area contributed by atoms with E-state index in [9.17, 15) is 0 Å². The van der Waals surface area contributed by atoms with E-state index in [1.807, 2.05) is 6.07 Å². The van der Waals surface area contributed by atoms with Gasteiger partial charge in [0.15, 0.2) is 11.5 Å². The molecule has 5 heteroatoms. The van der Waals surface area contributed by atoms with Crippen LogP contribution in [0.4, 0.5) is 0 Å². The summed E-state index contributed by atoms with van der Waals surface area (Å²) in [6.45, 7) is 8.53. The molecule has 118 valence electrons. The Morgan fingerprint density at radius 1 is 1.23 bits per heavy atom. The second-order valence-corrected chi connectivity index (χ2v) is 6.86. The molecule has 2 aromatic rings. The molecule has 0 amide bonds. The fraction of sp³-hybridized carbons (Fsp3) is 0.471. The highest BCUT2D eigenvalue weighted by molar-refractivity contribution is 7.11. The number of thiazole rings is 1. The molecule has 2 heterocycles. The third-order valence-electron chi connectivity index (χ3n) is 3.87. The highest BCUT2D eigenvalue weighted by Gasteiger charge is 2.14. The fourth-order valence-corrected chi connectivity index (χ4v) is 3.59. The van der Waals surface area contributed by atoms with Gasteiger partial charge in [-0.2, -0.15) is 0 Å². The van der Waals surface area contributed by atoms with Crippen molar-refractivity contribution < 1.29 is 9.47 Å². The third-order valence-corrected chi connectivity index (χ3v) is 5.00. The summed E-state index contributed by atoms with van der Waals surface area (Å²) < 4.78 is 11.2. The van der Waals surface area contributed by atoms with Gasteiger partial charge in [-0.3, -0.25) is 0 Å². The van der Waals surface area contributed by atoms with Crippen molar-refractivity contribution in [1.29, 1.82) is 0 Å². The quantitative estimate of drug-likeness (QED) is 0.917. The van der Waals surface area contributed by atoms with Crippen LogP contribution < -0.4 is 14.8 Å². The van der Waals surface area contributed by atoms with Crippen LogP contribution >= 0.6 is 11.3 Å². The molecule has 22 heavy (non-hydrogen) atoms. The molecule has 0 aliphatic carbocycles. The first-order chi connectivity index (χ1) is 10.6.